The molecule has 0 saturated carbocycles. The van der Waals surface area contributed by atoms with Crippen LogP contribution >= 0.6 is 11.6 Å². The molecule has 0 saturated heterocycles. The second-order valence-electron chi connectivity index (χ2n) is 4.29. The van der Waals surface area contributed by atoms with Crippen LogP contribution in [0.15, 0.2) is 54.6 Å². The van der Waals surface area contributed by atoms with Gasteiger partial charge in [0.05, 0.1) is 12.5 Å². The maximum Gasteiger partial charge on any atom is 0.336 e. The number of ether oxygens (including phenoxy) is 1. The molecule has 0 unspecified atom stereocenters. The molecule has 2 aromatic carbocycles. The molecule has 0 heterocycles. The molecular formula is C17H12ClNO2. The van der Waals surface area contributed by atoms with E-state index in [0.29, 0.717) is 17.2 Å². The van der Waals surface area contributed by atoms with Gasteiger partial charge in [-0.2, -0.15) is 5.26 Å². The molecule has 2 rings (SSSR count). The van der Waals surface area contributed by atoms with Crippen LogP contribution in [0.25, 0.3) is 6.08 Å². The van der Waals surface area contributed by atoms with Gasteiger partial charge in [0.1, 0.15) is 5.75 Å². The molecule has 0 bridgehead atoms. The first kappa shape index (κ1) is 14.8. The first-order chi connectivity index (χ1) is 10.2. The van der Waals surface area contributed by atoms with Gasteiger partial charge in [-0.15, -0.1) is 0 Å². The Bertz CT molecular complexity index is 699. The summed E-state index contributed by atoms with van der Waals surface area (Å²) in [4.78, 5) is 11.7. The number of benzene rings is 2. The van der Waals surface area contributed by atoms with Gasteiger partial charge < -0.3 is 4.74 Å². The third-order valence-corrected chi connectivity index (χ3v) is 2.92. The van der Waals surface area contributed by atoms with Crippen LogP contribution in [0, 0.1) is 11.3 Å². The number of hydrogen-bond acceptors (Lipinski definition) is 3. The van der Waals surface area contributed by atoms with Crippen LogP contribution in [0.1, 0.15) is 11.1 Å². The Morgan fingerprint density at radius 3 is 2.67 bits per heavy atom. The number of hydrogen-bond donors (Lipinski definition) is 0. The van der Waals surface area contributed by atoms with E-state index in [1.807, 2.05) is 6.07 Å². The molecule has 0 atom stereocenters. The average Bonchev–Trinajstić information content (AvgIpc) is 2.48. The van der Waals surface area contributed by atoms with E-state index in [9.17, 15) is 4.79 Å². The lowest BCUT2D eigenvalue weighted by Gasteiger charge is -2.02. The molecule has 2 aromatic rings. The predicted octanol–water partition coefficient (Wildman–Crippen LogP) is 4.02. The molecule has 0 amide bonds. The van der Waals surface area contributed by atoms with Crippen molar-refractivity contribution < 1.29 is 9.53 Å². The van der Waals surface area contributed by atoms with Crippen molar-refractivity contribution in [3.63, 3.8) is 0 Å². The van der Waals surface area contributed by atoms with E-state index in [-0.39, 0.29) is 0 Å². The van der Waals surface area contributed by atoms with Crippen LogP contribution in [0.5, 0.6) is 5.75 Å². The molecule has 0 aliphatic carbocycles. The highest BCUT2D eigenvalue weighted by Crippen LogP contribution is 2.14. The summed E-state index contributed by atoms with van der Waals surface area (Å²) in [6.45, 7) is 0. The largest absolute Gasteiger partial charge is 0.423 e. The van der Waals surface area contributed by atoms with Gasteiger partial charge >= 0.3 is 5.97 Å². The lowest BCUT2D eigenvalue weighted by Crippen LogP contribution is -2.03. The molecule has 0 aliphatic rings. The van der Waals surface area contributed by atoms with Crippen LogP contribution in [0.2, 0.25) is 5.02 Å². The molecule has 0 fully saturated rings. The maximum absolute atomic E-state index is 11.7. The number of carbonyl (C=O) groups excluding carboxylic acids is 1. The monoisotopic (exact) mass is 297 g/mol. The highest BCUT2D eigenvalue weighted by molar-refractivity contribution is 6.30. The van der Waals surface area contributed by atoms with E-state index in [4.69, 9.17) is 21.6 Å². The van der Waals surface area contributed by atoms with Gasteiger partial charge in [0.15, 0.2) is 0 Å². The Balaban J connectivity index is 1.97. The Morgan fingerprint density at radius 2 is 2.00 bits per heavy atom. The second-order valence-corrected chi connectivity index (χ2v) is 4.72. The minimum absolute atomic E-state index is 0.336. The zero-order valence-corrected chi connectivity index (χ0v) is 11.9. The van der Waals surface area contributed by atoms with Gasteiger partial charge in [0.25, 0.3) is 0 Å². The van der Waals surface area contributed by atoms with Crippen molar-refractivity contribution in [2.45, 2.75) is 6.42 Å². The number of esters is 1. The van der Waals surface area contributed by atoms with Gasteiger partial charge in [0, 0.05) is 11.1 Å². The first-order valence-electron chi connectivity index (χ1n) is 6.29. The van der Waals surface area contributed by atoms with Gasteiger partial charge in [-0.1, -0.05) is 35.9 Å². The average molecular weight is 298 g/mol. The molecular weight excluding hydrogens is 286 g/mol. The van der Waals surface area contributed by atoms with E-state index in [2.05, 4.69) is 6.07 Å². The lowest BCUT2D eigenvalue weighted by molar-refractivity contribution is -0.128. The van der Waals surface area contributed by atoms with E-state index >= 15 is 0 Å². The predicted molar refractivity (Wildman–Crippen MR) is 81.9 cm³/mol. The second kappa shape index (κ2) is 7.28. The smallest absolute Gasteiger partial charge is 0.336 e. The van der Waals surface area contributed by atoms with Gasteiger partial charge in [-0.25, -0.2) is 4.79 Å². The molecule has 0 spiro atoms. The highest BCUT2D eigenvalue weighted by Gasteiger charge is 2.01. The van der Waals surface area contributed by atoms with Crippen molar-refractivity contribution in [3.05, 3.63) is 70.8 Å². The standard InChI is InChI=1S/C17H12ClNO2/c18-15-3-1-2-14(12-15)6-9-17(20)21-16-7-4-13(5-8-16)10-11-19/h1-9,12H,10H2/b9-6+. The van der Waals surface area contributed by atoms with Gasteiger partial charge in [-0.05, 0) is 41.5 Å². The molecule has 3 nitrogen and oxygen atoms in total. The number of halogens is 1. The van der Waals surface area contributed by atoms with Crippen molar-refractivity contribution in [2.75, 3.05) is 0 Å². The quantitative estimate of drug-likeness (QED) is 0.486. The van der Waals surface area contributed by atoms with Crippen molar-refractivity contribution in [3.8, 4) is 11.8 Å². The van der Waals surface area contributed by atoms with Crippen molar-refractivity contribution in [1.29, 1.82) is 5.26 Å². The fourth-order valence-electron chi connectivity index (χ4n) is 1.69. The molecule has 21 heavy (non-hydrogen) atoms. The molecule has 0 aromatic heterocycles. The summed E-state index contributed by atoms with van der Waals surface area (Å²) in [7, 11) is 0. The Labute approximate surface area is 128 Å². The number of rotatable bonds is 4. The molecule has 0 radical (unpaired) electrons. The Morgan fingerprint density at radius 1 is 1.24 bits per heavy atom. The topological polar surface area (TPSA) is 50.1 Å². The third-order valence-electron chi connectivity index (χ3n) is 2.69. The number of nitriles is 1. The molecule has 4 heteroatoms. The van der Waals surface area contributed by atoms with E-state index in [1.165, 1.54) is 6.08 Å². The number of carbonyl (C=O) groups is 1. The van der Waals surface area contributed by atoms with Crippen molar-refractivity contribution in [1.82, 2.24) is 0 Å². The Hall–Kier alpha value is -2.57. The maximum atomic E-state index is 11.7. The van der Waals surface area contributed by atoms with Crippen LogP contribution < -0.4 is 4.74 Å². The summed E-state index contributed by atoms with van der Waals surface area (Å²) < 4.78 is 5.16. The summed E-state index contributed by atoms with van der Waals surface area (Å²) in [6, 6.07) is 16.1. The fraction of sp³-hybridized carbons (Fsp3) is 0.0588. The normalized spacial score (nSPS) is 10.3. The molecule has 104 valence electrons. The number of nitrogens with zero attached hydrogens (tertiary/aromatic N) is 1. The lowest BCUT2D eigenvalue weighted by atomic mass is 10.2. The summed E-state index contributed by atoms with van der Waals surface area (Å²) in [5.41, 5.74) is 1.70. The van der Waals surface area contributed by atoms with E-state index in [0.717, 1.165) is 11.1 Å². The summed E-state index contributed by atoms with van der Waals surface area (Å²) >= 11 is 5.86. The van der Waals surface area contributed by atoms with Gasteiger partial charge in [0.2, 0.25) is 0 Å². The van der Waals surface area contributed by atoms with Crippen LogP contribution in [-0.2, 0) is 11.2 Å². The third kappa shape index (κ3) is 4.79. The Kier molecular flexibility index (Phi) is 5.14. The summed E-state index contributed by atoms with van der Waals surface area (Å²) in [6.07, 6.45) is 3.32. The first-order valence-corrected chi connectivity index (χ1v) is 6.66. The van der Waals surface area contributed by atoms with E-state index in [1.54, 1.807) is 48.5 Å². The fourth-order valence-corrected chi connectivity index (χ4v) is 1.89. The van der Waals surface area contributed by atoms with Crippen LogP contribution in [0.4, 0.5) is 0 Å². The zero-order chi connectivity index (χ0) is 15.1. The SMILES string of the molecule is N#CCc1ccc(OC(=O)/C=C/c2cccc(Cl)c2)cc1. The van der Waals surface area contributed by atoms with Crippen molar-refractivity contribution >= 4 is 23.6 Å². The van der Waals surface area contributed by atoms with Gasteiger partial charge in [-0.3, -0.25) is 0 Å². The molecule has 0 N–H and O–H groups in total. The highest BCUT2D eigenvalue weighted by atomic mass is 35.5. The summed E-state index contributed by atoms with van der Waals surface area (Å²) in [5, 5.41) is 9.19. The van der Waals surface area contributed by atoms with Crippen molar-refractivity contribution in [2.24, 2.45) is 0 Å². The minimum atomic E-state index is -0.469. The van der Waals surface area contributed by atoms with E-state index < -0.39 is 5.97 Å². The zero-order valence-electron chi connectivity index (χ0n) is 11.1. The van der Waals surface area contributed by atoms with Crippen LogP contribution in [-0.4, -0.2) is 5.97 Å². The molecule has 0 aliphatic heterocycles. The van der Waals surface area contributed by atoms with Crippen LogP contribution in [0.3, 0.4) is 0 Å². The minimum Gasteiger partial charge on any atom is -0.423 e. The summed E-state index contributed by atoms with van der Waals surface area (Å²) in [5.74, 6) is -0.0274.